The topological polar surface area (TPSA) is 46.2 Å². The zero-order chi connectivity index (χ0) is 16.3. The van der Waals surface area contributed by atoms with Crippen molar-refractivity contribution in [2.24, 2.45) is 17.8 Å². The van der Waals surface area contributed by atoms with Gasteiger partial charge in [0.1, 0.15) is 0 Å². The van der Waals surface area contributed by atoms with E-state index in [0.717, 1.165) is 29.7 Å². The lowest BCUT2D eigenvalue weighted by Crippen LogP contribution is -2.30. The van der Waals surface area contributed by atoms with E-state index in [1.807, 2.05) is 30.3 Å². The summed E-state index contributed by atoms with van der Waals surface area (Å²) in [6.07, 6.45) is 4.08. The zero-order valence-electron chi connectivity index (χ0n) is 13.8. The molecule has 3 heteroatoms. The lowest BCUT2D eigenvalue weighted by molar-refractivity contribution is -0.122. The predicted molar refractivity (Wildman–Crippen MR) is 90.5 cm³/mol. The van der Waals surface area contributed by atoms with Gasteiger partial charge in [-0.25, -0.2) is 0 Å². The summed E-state index contributed by atoms with van der Waals surface area (Å²) in [5, 5.41) is 2.75. The molecule has 1 N–H and O–H groups in total. The maximum Gasteiger partial charge on any atom is 0.221 e. The van der Waals surface area contributed by atoms with E-state index in [0.29, 0.717) is 17.6 Å². The van der Waals surface area contributed by atoms with E-state index in [4.69, 9.17) is 0 Å². The van der Waals surface area contributed by atoms with Crippen molar-refractivity contribution < 1.29 is 9.59 Å². The van der Waals surface area contributed by atoms with E-state index in [1.54, 1.807) is 0 Å². The summed E-state index contributed by atoms with van der Waals surface area (Å²) in [5.74, 6) is 1.09. The number of Topliss-reactive ketones (excluding diaryl/α,β-unsaturated/α-hetero) is 1. The first-order valence-corrected chi connectivity index (χ1v) is 8.02. The highest BCUT2D eigenvalue weighted by Gasteiger charge is 2.32. The molecule has 1 aliphatic carbocycles. The molecule has 1 amide bonds. The van der Waals surface area contributed by atoms with Gasteiger partial charge >= 0.3 is 0 Å². The molecule has 0 heterocycles. The summed E-state index contributed by atoms with van der Waals surface area (Å²) in [4.78, 5) is 23.7. The summed E-state index contributed by atoms with van der Waals surface area (Å²) in [6.45, 7) is 7.87. The SMILES string of the molecule is CC(=O)Nc1ccc(C=C2C(=O)[C@@H](C(C)C)CC[C@@H]2C)cc1. The number of amides is 1. The fourth-order valence-electron chi connectivity index (χ4n) is 3.07. The molecular formula is C19H25NO2. The number of benzene rings is 1. The summed E-state index contributed by atoms with van der Waals surface area (Å²) < 4.78 is 0. The monoisotopic (exact) mass is 299 g/mol. The molecule has 0 aliphatic heterocycles. The molecule has 0 radical (unpaired) electrons. The number of carbonyl (C=O) groups excluding carboxylic acids is 2. The number of carbonyl (C=O) groups is 2. The van der Waals surface area contributed by atoms with E-state index in [-0.39, 0.29) is 11.8 Å². The first-order chi connectivity index (χ1) is 10.4. The van der Waals surface area contributed by atoms with Crippen LogP contribution in [0, 0.1) is 17.8 Å². The first-order valence-electron chi connectivity index (χ1n) is 8.02. The number of anilines is 1. The van der Waals surface area contributed by atoms with E-state index < -0.39 is 0 Å². The lowest BCUT2D eigenvalue weighted by atomic mass is 9.73. The van der Waals surface area contributed by atoms with Gasteiger partial charge in [-0.1, -0.05) is 32.9 Å². The standard InChI is InChI=1S/C19H25NO2/c1-12(2)17-10-5-13(3)18(19(17)22)11-15-6-8-16(9-7-15)20-14(4)21/h6-9,11-13,17H,5,10H2,1-4H3,(H,20,21)/t13-,17+/m0/s1. The van der Waals surface area contributed by atoms with Crippen molar-refractivity contribution in [3.63, 3.8) is 0 Å². The molecule has 3 nitrogen and oxygen atoms in total. The van der Waals surface area contributed by atoms with Crippen LogP contribution in [0.25, 0.3) is 6.08 Å². The summed E-state index contributed by atoms with van der Waals surface area (Å²) in [7, 11) is 0. The third-order valence-electron chi connectivity index (χ3n) is 4.42. The molecule has 1 aliphatic rings. The molecule has 0 unspecified atom stereocenters. The Morgan fingerprint density at radius 3 is 2.41 bits per heavy atom. The quantitative estimate of drug-likeness (QED) is 0.846. The zero-order valence-corrected chi connectivity index (χ0v) is 13.8. The first kappa shape index (κ1) is 16.5. The maximum absolute atomic E-state index is 12.7. The third-order valence-corrected chi connectivity index (χ3v) is 4.42. The summed E-state index contributed by atoms with van der Waals surface area (Å²) in [5.41, 5.74) is 2.73. The van der Waals surface area contributed by atoms with Gasteiger partial charge in [0.25, 0.3) is 0 Å². The fourth-order valence-corrected chi connectivity index (χ4v) is 3.07. The Morgan fingerprint density at radius 1 is 1.23 bits per heavy atom. The van der Waals surface area contributed by atoms with E-state index in [9.17, 15) is 9.59 Å². The minimum atomic E-state index is -0.0815. The number of rotatable bonds is 3. The Kier molecular flexibility index (Phi) is 5.17. The van der Waals surface area contributed by atoms with Crippen LogP contribution in [0.4, 0.5) is 5.69 Å². The third kappa shape index (κ3) is 3.85. The van der Waals surface area contributed by atoms with Crippen molar-refractivity contribution in [2.75, 3.05) is 5.32 Å². The lowest BCUT2D eigenvalue weighted by Gasteiger charge is -2.30. The molecule has 0 aromatic heterocycles. The van der Waals surface area contributed by atoms with Crippen LogP contribution in [0.5, 0.6) is 0 Å². The van der Waals surface area contributed by atoms with Gasteiger partial charge in [0.2, 0.25) is 5.91 Å². The molecule has 22 heavy (non-hydrogen) atoms. The Bertz CT molecular complexity index is 584. The van der Waals surface area contributed by atoms with E-state index >= 15 is 0 Å². The van der Waals surface area contributed by atoms with Crippen molar-refractivity contribution in [2.45, 2.75) is 40.5 Å². The van der Waals surface area contributed by atoms with Gasteiger partial charge in [-0.3, -0.25) is 9.59 Å². The van der Waals surface area contributed by atoms with Crippen molar-refractivity contribution in [3.8, 4) is 0 Å². The molecule has 2 atom stereocenters. The van der Waals surface area contributed by atoms with Gasteiger partial charge in [-0.05, 0) is 54.0 Å². The van der Waals surface area contributed by atoms with Crippen LogP contribution in [0.2, 0.25) is 0 Å². The van der Waals surface area contributed by atoms with Gasteiger partial charge in [-0.15, -0.1) is 0 Å². The van der Waals surface area contributed by atoms with Crippen LogP contribution < -0.4 is 5.32 Å². The second-order valence-corrected chi connectivity index (χ2v) is 6.60. The highest BCUT2D eigenvalue weighted by Crippen LogP contribution is 2.35. The Balaban J connectivity index is 2.22. The molecule has 0 bridgehead atoms. The second kappa shape index (κ2) is 6.91. The van der Waals surface area contributed by atoms with Crippen LogP contribution in [-0.2, 0) is 9.59 Å². The number of nitrogens with one attached hydrogen (secondary N) is 1. The average Bonchev–Trinajstić information content (AvgIpc) is 2.44. The van der Waals surface area contributed by atoms with Crippen molar-refractivity contribution >= 4 is 23.5 Å². The van der Waals surface area contributed by atoms with Crippen LogP contribution in [0.3, 0.4) is 0 Å². The Morgan fingerprint density at radius 2 is 1.86 bits per heavy atom. The predicted octanol–water partition coefficient (Wildman–Crippen LogP) is 4.30. The molecule has 118 valence electrons. The van der Waals surface area contributed by atoms with Crippen LogP contribution >= 0.6 is 0 Å². The van der Waals surface area contributed by atoms with Crippen molar-refractivity contribution in [3.05, 3.63) is 35.4 Å². The molecule has 1 aromatic rings. The fraction of sp³-hybridized carbons (Fsp3) is 0.474. The summed E-state index contributed by atoms with van der Waals surface area (Å²) in [6, 6.07) is 7.62. The van der Waals surface area contributed by atoms with E-state index in [2.05, 4.69) is 26.1 Å². The Hall–Kier alpha value is -1.90. The number of hydrogen-bond donors (Lipinski definition) is 1. The average molecular weight is 299 g/mol. The van der Waals surface area contributed by atoms with Crippen molar-refractivity contribution in [1.29, 1.82) is 0 Å². The Labute approximate surface area is 132 Å². The molecule has 0 saturated heterocycles. The van der Waals surface area contributed by atoms with Crippen LogP contribution in [0.15, 0.2) is 29.8 Å². The molecule has 1 aromatic carbocycles. The number of ketones is 1. The minimum Gasteiger partial charge on any atom is -0.326 e. The van der Waals surface area contributed by atoms with Crippen LogP contribution in [0.1, 0.15) is 46.1 Å². The maximum atomic E-state index is 12.7. The normalized spacial score (nSPS) is 23.9. The molecule has 2 rings (SSSR count). The van der Waals surface area contributed by atoms with Crippen molar-refractivity contribution in [1.82, 2.24) is 0 Å². The molecular weight excluding hydrogens is 274 g/mol. The van der Waals surface area contributed by atoms with E-state index in [1.165, 1.54) is 6.92 Å². The number of hydrogen-bond acceptors (Lipinski definition) is 2. The van der Waals surface area contributed by atoms with Crippen LogP contribution in [-0.4, -0.2) is 11.7 Å². The van der Waals surface area contributed by atoms with Gasteiger partial charge < -0.3 is 5.32 Å². The van der Waals surface area contributed by atoms with Gasteiger partial charge in [-0.2, -0.15) is 0 Å². The summed E-state index contributed by atoms with van der Waals surface area (Å²) >= 11 is 0. The molecule has 0 spiro atoms. The highest BCUT2D eigenvalue weighted by atomic mass is 16.1. The number of allylic oxidation sites excluding steroid dienone is 1. The minimum absolute atomic E-state index is 0.0815. The van der Waals surface area contributed by atoms with Gasteiger partial charge in [0.05, 0.1) is 0 Å². The van der Waals surface area contributed by atoms with Gasteiger partial charge in [0, 0.05) is 18.5 Å². The second-order valence-electron chi connectivity index (χ2n) is 6.60. The smallest absolute Gasteiger partial charge is 0.221 e. The largest absolute Gasteiger partial charge is 0.326 e. The van der Waals surface area contributed by atoms with Gasteiger partial charge in [0.15, 0.2) is 5.78 Å². The molecule has 1 fully saturated rings. The highest BCUT2D eigenvalue weighted by molar-refractivity contribution is 6.02. The molecule has 1 saturated carbocycles.